The van der Waals surface area contributed by atoms with Crippen molar-refractivity contribution >= 4 is 163 Å². The standard InChI is InChI=1S/C58H36.C24H17BO2.C10H6Br2/c1-3-21-39-37(17-1)19-13-33-43(39)55-47-23-5-9-27-51(47)57(52-28-10-6-24-48(52)55)45-35-15-32-42-41(45)31-16-36-46(42)58-53-29-11-7-25-49(53)56(50-26-8-12-30-54(50)58)44-34-14-20-38-18-2-4-22-40(38)44;26-25(27)24-21-13-5-3-11-19(21)23(20-12-4-6-14-22(20)24)18-15-7-9-16-8-1-2-10-17(16)18;11-9-5-1-3-7-8(9)4-2-6-10(7)12/h1-36H;1-15,26-27H;1-6H. The molecule has 0 aliphatic rings. The van der Waals surface area contributed by atoms with Crippen molar-refractivity contribution in [2.24, 2.45) is 0 Å². The van der Waals surface area contributed by atoms with Crippen LogP contribution in [0.25, 0.3) is 174 Å². The summed E-state index contributed by atoms with van der Waals surface area (Å²) in [5.74, 6) is 0. The van der Waals surface area contributed by atoms with Crippen molar-refractivity contribution < 1.29 is 10.0 Å². The second-order valence-corrected chi connectivity index (χ2v) is 26.5. The highest BCUT2D eigenvalue weighted by Gasteiger charge is 2.25. The van der Waals surface area contributed by atoms with Gasteiger partial charge in [-0.1, -0.05) is 366 Å². The molecule has 5 heteroatoms. The zero-order valence-corrected chi connectivity index (χ0v) is 55.8. The summed E-state index contributed by atoms with van der Waals surface area (Å²) < 4.78 is 2.28. The summed E-state index contributed by atoms with van der Waals surface area (Å²) in [5.41, 5.74) is 13.0. The number of hydrogen-bond acceptors (Lipinski definition) is 2. The van der Waals surface area contributed by atoms with Crippen LogP contribution in [0.3, 0.4) is 0 Å². The Morgan fingerprint density at radius 1 is 0.165 bits per heavy atom. The van der Waals surface area contributed by atoms with Crippen molar-refractivity contribution in [2.75, 3.05) is 0 Å². The molecule has 0 heterocycles. The number of fused-ring (bicyclic) bond motifs is 11. The molecule has 0 aliphatic heterocycles. The van der Waals surface area contributed by atoms with Crippen LogP contribution in [-0.4, -0.2) is 17.2 Å². The van der Waals surface area contributed by atoms with E-state index in [1.165, 1.54) is 141 Å². The molecule has 0 spiro atoms. The van der Waals surface area contributed by atoms with E-state index >= 15 is 0 Å². The fourth-order valence-corrected chi connectivity index (χ4v) is 16.5. The molecule has 97 heavy (non-hydrogen) atoms. The van der Waals surface area contributed by atoms with Gasteiger partial charge in [0.05, 0.1) is 0 Å². The van der Waals surface area contributed by atoms with Gasteiger partial charge in [-0.15, -0.1) is 0 Å². The lowest BCUT2D eigenvalue weighted by molar-refractivity contribution is 0.426. The van der Waals surface area contributed by atoms with Gasteiger partial charge in [0.25, 0.3) is 0 Å². The summed E-state index contributed by atoms with van der Waals surface area (Å²) >= 11 is 7.02. The van der Waals surface area contributed by atoms with Crippen LogP contribution in [0.5, 0.6) is 0 Å². The van der Waals surface area contributed by atoms with E-state index in [9.17, 15) is 10.0 Å². The minimum atomic E-state index is -1.53. The van der Waals surface area contributed by atoms with Crippen LogP contribution in [0.15, 0.2) is 355 Å². The smallest absolute Gasteiger partial charge is 0.423 e. The predicted octanol–water partition coefficient (Wildman–Crippen LogP) is 25.3. The Kier molecular flexibility index (Phi) is 15.6. The fraction of sp³-hybridized carbons (Fsp3) is 0. The van der Waals surface area contributed by atoms with Crippen LogP contribution < -0.4 is 5.46 Å². The predicted molar refractivity (Wildman–Crippen MR) is 424 cm³/mol. The Bertz CT molecular complexity index is 5880. The zero-order valence-electron chi connectivity index (χ0n) is 52.6. The van der Waals surface area contributed by atoms with Gasteiger partial charge in [-0.05, 0) is 192 Å². The quantitative estimate of drug-likeness (QED) is 0.129. The summed E-state index contributed by atoms with van der Waals surface area (Å²) in [6, 6.07) is 124. The first-order valence-corrected chi connectivity index (χ1v) is 34.4. The highest BCUT2D eigenvalue weighted by molar-refractivity contribution is 9.11. The Hall–Kier alpha value is -11.0. The molecule has 0 aliphatic carbocycles. The van der Waals surface area contributed by atoms with E-state index in [1.54, 1.807) is 0 Å². The Morgan fingerprint density at radius 2 is 0.340 bits per heavy atom. The topological polar surface area (TPSA) is 40.5 Å². The van der Waals surface area contributed by atoms with E-state index in [0.29, 0.717) is 5.46 Å². The largest absolute Gasteiger partial charge is 0.489 e. The van der Waals surface area contributed by atoms with Crippen LogP contribution in [0.1, 0.15) is 0 Å². The second kappa shape index (κ2) is 25.3. The third kappa shape index (κ3) is 10.3. The normalized spacial score (nSPS) is 11.5. The molecule has 0 unspecified atom stereocenters. The van der Waals surface area contributed by atoms with Crippen molar-refractivity contribution in [1.29, 1.82) is 0 Å². The van der Waals surface area contributed by atoms with Crippen molar-refractivity contribution in [2.45, 2.75) is 0 Å². The Balaban J connectivity index is 0.000000148. The monoisotopic (exact) mass is 1360 g/mol. The van der Waals surface area contributed by atoms with Gasteiger partial charge in [0, 0.05) is 8.95 Å². The molecule has 0 amide bonds. The SMILES string of the molecule is Brc1cccc2c(Br)cccc12.OB(O)c1c2ccccc2c(-c2cccc3ccccc23)c2ccccc12.c1ccc2c(-c3c4ccccc4c(-c4cccc5c(-c6c7ccccc7c(-c7cccc8ccccc78)c7ccccc67)cccc45)c4ccccc34)cccc2c1. The lowest BCUT2D eigenvalue weighted by atomic mass is 9.72. The maximum absolute atomic E-state index is 10.1. The molecule has 2 nitrogen and oxygen atoms in total. The highest BCUT2D eigenvalue weighted by Crippen LogP contribution is 2.51. The van der Waals surface area contributed by atoms with E-state index < -0.39 is 7.12 Å². The summed E-state index contributed by atoms with van der Waals surface area (Å²) in [5, 5.41) is 46.5. The average molecular weight is 1370 g/mol. The Labute approximate surface area is 579 Å². The van der Waals surface area contributed by atoms with Gasteiger partial charge in [0.1, 0.15) is 0 Å². The number of rotatable bonds is 6. The van der Waals surface area contributed by atoms with Gasteiger partial charge < -0.3 is 10.0 Å². The minimum Gasteiger partial charge on any atom is -0.423 e. The molecule has 0 saturated heterocycles. The second-order valence-electron chi connectivity index (χ2n) is 24.8. The molecule has 456 valence electrons. The van der Waals surface area contributed by atoms with Gasteiger partial charge in [-0.2, -0.15) is 0 Å². The summed E-state index contributed by atoms with van der Waals surface area (Å²) in [6.45, 7) is 0. The van der Waals surface area contributed by atoms with Gasteiger partial charge >= 0.3 is 7.12 Å². The van der Waals surface area contributed by atoms with Crippen molar-refractivity contribution in [3.63, 3.8) is 0 Å². The molecule has 0 radical (unpaired) electrons. The van der Waals surface area contributed by atoms with E-state index in [-0.39, 0.29) is 0 Å². The molecule has 0 saturated carbocycles. The third-order valence-electron chi connectivity index (χ3n) is 19.5. The molecule has 0 bridgehead atoms. The van der Waals surface area contributed by atoms with Gasteiger partial charge in [-0.25, -0.2) is 0 Å². The third-order valence-corrected chi connectivity index (χ3v) is 20.9. The first-order chi connectivity index (χ1) is 47.9. The van der Waals surface area contributed by atoms with Crippen LogP contribution in [0, 0.1) is 0 Å². The zero-order chi connectivity index (χ0) is 65.1. The van der Waals surface area contributed by atoms with Gasteiger partial charge in [0.2, 0.25) is 0 Å². The van der Waals surface area contributed by atoms with E-state index in [4.69, 9.17) is 0 Å². The molecule has 0 fully saturated rings. The maximum atomic E-state index is 10.1. The lowest BCUT2D eigenvalue weighted by Gasteiger charge is -2.21. The Morgan fingerprint density at radius 3 is 0.608 bits per heavy atom. The van der Waals surface area contributed by atoms with Crippen molar-refractivity contribution in [1.82, 2.24) is 0 Å². The first-order valence-electron chi connectivity index (χ1n) is 32.8. The average Bonchev–Trinajstić information content (AvgIpc) is 0.731. The molecule has 19 rings (SSSR count). The molecule has 19 aromatic carbocycles. The van der Waals surface area contributed by atoms with Crippen LogP contribution in [-0.2, 0) is 0 Å². The van der Waals surface area contributed by atoms with Crippen LogP contribution in [0.4, 0.5) is 0 Å². The number of benzene rings is 19. The van der Waals surface area contributed by atoms with Crippen molar-refractivity contribution in [3.05, 3.63) is 355 Å². The molecule has 2 N–H and O–H groups in total. The molecule has 0 atom stereocenters. The number of halogens is 2. The maximum Gasteiger partial charge on any atom is 0.489 e. The molecule has 19 aromatic rings. The highest BCUT2D eigenvalue weighted by atomic mass is 79.9. The summed E-state index contributed by atoms with van der Waals surface area (Å²) in [4.78, 5) is 0. The molecule has 0 aromatic heterocycles. The van der Waals surface area contributed by atoms with E-state index in [0.717, 1.165) is 41.6 Å². The first kappa shape index (κ1) is 59.7. The number of hydrogen-bond donors (Lipinski definition) is 2. The van der Waals surface area contributed by atoms with Crippen molar-refractivity contribution in [3.8, 4) is 55.6 Å². The fourth-order valence-electron chi connectivity index (χ4n) is 15.5. The minimum absolute atomic E-state index is 0.560. The van der Waals surface area contributed by atoms with Gasteiger partial charge in [-0.3, -0.25) is 0 Å². The van der Waals surface area contributed by atoms with E-state index in [2.05, 4.69) is 323 Å². The molecular weight excluding hydrogens is 1310 g/mol. The summed E-state index contributed by atoms with van der Waals surface area (Å²) in [7, 11) is -1.53. The summed E-state index contributed by atoms with van der Waals surface area (Å²) in [6.07, 6.45) is 0. The van der Waals surface area contributed by atoms with E-state index in [1.807, 2.05) is 54.6 Å². The van der Waals surface area contributed by atoms with Gasteiger partial charge in [0.15, 0.2) is 0 Å². The molecular formula is C92H59BBr2O2. The van der Waals surface area contributed by atoms with Crippen LogP contribution >= 0.6 is 31.9 Å². The lowest BCUT2D eigenvalue weighted by Crippen LogP contribution is -2.31. The van der Waals surface area contributed by atoms with Crippen LogP contribution in [0.2, 0.25) is 0 Å².